The molecule has 132 valence electrons. The van der Waals surface area contributed by atoms with Crippen molar-refractivity contribution in [2.45, 2.75) is 25.2 Å². The van der Waals surface area contributed by atoms with Gasteiger partial charge in [-0.05, 0) is 29.8 Å². The zero-order chi connectivity index (χ0) is 17.9. The number of alkyl halides is 3. The highest BCUT2D eigenvalue weighted by Crippen LogP contribution is 2.29. The number of hydrogen-bond donors (Lipinski definition) is 1. The van der Waals surface area contributed by atoms with Crippen LogP contribution in [0, 0.1) is 5.82 Å². The van der Waals surface area contributed by atoms with Gasteiger partial charge in [0.1, 0.15) is 11.9 Å². The first-order valence-electron chi connectivity index (χ1n) is 7.77. The van der Waals surface area contributed by atoms with Crippen molar-refractivity contribution in [2.75, 3.05) is 6.54 Å². The lowest BCUT2D eigenvalue weighted by molar-refractivity contribution is -0.137. The minimum absolute atomic E-state index is 0.187. The zero-order valence-electron chi connectivity index (χ0n) is 13.2. The van der Waals surface area contributed by atoms with Crippen LogP contribution >= 0.6 is 0 Å². The minimum Gasteiger partial charge on any atom is -0.390 e. The van der Waals surface area contributed by atoms with Crippen LogP contribution in [0.15, 0.2) is 53.7 Å². The number of rotatable bonds is 5. The van der Waals surface area contributed by atoms with Crippen LogP contribution in [0.5, 0.6) is 0 Å². The highest BCUT2D eigenvalue weighted by Gasteiger charge is 2.29. The maximum atomic E-state index is 13.2. The van der Waals surface area contributed by atoms with Crippen LogP contribution in [-0.4, -0.2) is 18.4 Å². The average Bonchev–Trinajstić information content (AvgIpc) is 3.03. The first-order valence-corrected chi connectivity index (χ1v) is 7.77. The molecule has 7 heteroatoms. The third-order valence-electron chi connectivity index (χ3n) is 3.87. The van der Waals surface area contributed by atoms with Gasteiger partial charge in [0.15, 0.2) is 0 Å². The van der Waals surface area contributed by atoms with Gasteiger partial charge in [0.2, 0.25) is 0 Å². The summed E-state index contributed by atoms with van der Waals surface area (Å²) in [7, 11) is 0. The molecule has 0 unspecified atom stereocenters. The SMILES string of the molecule is Fc1cccc(C2=NO[C@H](CNCc3ccc(C(F)(F)F)cc3)C2)c1. The first kappa shape index (κ1) is 17.4. The molecular formula is C18H16F4N2O. The third kappa shape index (κ3) is 4.57. The summed E-state index contributed by atoms with van der Waals surface area (Å²) in [5, 5.41) is 7.11. The summed E-state index contributed by atoms with van der Waals surface area (Å²) < 4.78 is 50.8. The number of halogens is 4. The lowest BCUT2D eigenvalue weighted by atomic mass is 10.0. The molecule has 1 N–H and O–H groups in total. The third-order valence-corrected chi connectivity index (χ3v) is 3.87. The molecule has 25 heavy (non-hydrogen) atoms. The van der Waals surface area contributed by atoms with E-state index in [1.807, 2.05) is 0 Å². The van der Waals surface area contributed by atoms with Crippen LogP contribution in [0.3, 0.4) is 0 Å². The Morgan fingerprint density at radius 2 is 1.88 bits per heavy atom. The maximum absolute atomic E-state index is 13.2. The summed E-state index contributed by atoms with van der Waals surface area (Å²) in [6.45, 7) is 0.913. The van der Waals surface area contributed by atoms with Gasteiger partial charge < -0.3 is 10.2 Å². The largest absolute Gasteiger partial charge is 0.416 e. The van der Waals surface area contributed by atoms with Gasteiger partial charge in [-0.1, -0.05) is 29.4 Å². The topological polar surface area (TPSA) is 33.6 Å². The van der Waals surface area contributed by atoms with Gasteiger partial charge in [-0.2, -0.15) is 13.2 Å². The van der Waals surface area contributed by atoms with Gasteiger partial charge in [0, 0.05) is 25.1 Å². The van der Waals surface area contributed by atoms with Crippen molar-refractivity contribution >= 4 is 5.71 Å². The fraction of sp³-hybridized carbons (Fsp3) is 0.278. The second kappa shape index (κ2) is 7.23. The lowest BCUT2D eigenvalue weighted by Crippen LogP contribution is -2.26. The molecule has 0 amide bonds. The van der Waals surface area contributed by atoms with Crippen LogP contribution in [0.2, 0.25) is 0 Å². The van der Waals surface area contributed by atoms with Crippen molar-refractivity contribution in [1.82, 2.24) is 5.32 Å². The number of nitrogens with one attached hydrogen (secondary N) is 1. The molecule has 0 saturated carbocycles. The van der Waals surface area contributed by atoms with Crippen LogP contribution in [-0.2, 0) is 17.6 Å². The molecule has 0 radical (unpaired) electrons. The van der Waals surface area contributed by atoms with E-state index in [2.05, 4.69) is 10.5 Å². The molecule has 1 atom stereocenters. The van der Waals surface area contributed by atoms with Crippen LogP contribution < -0.4 is 5.32 Å². The monoisotopic (exact) mass is 352 g/mol. The number of nitrogens with zero attached hydrogens (tertiary/aromatic N) is 1. The van der Waals surface area contributed by atoms with Crippen molar-refractivity contribution in [3.8, 4) is 0 Å². The van der Waals surface area contributed by atoms with Crippen molar-refractivity contribution in [2.24, 2.45) is 5.16 Å². The van der Waals surface area contributed by atoms with Crippen molar-refractivity contribution < 1.29 is 22.4 Å². The van der Waals surface area contributed by atoms with E-state index in [0.717, 1.165) is 17.7 Å². The molecule has 0 saturated heterocycles. The van der Waals surface area contributed by atoms with Gasteiger partial charge in [-0.25, -0.2) is 4.39 Å². The zero-order valence-corrected chi connectivity index (χ0v) is 13.2. The Morgan fingerprint density at radius 3 is 2.56 bits per heavy atom. The molecule has 1 heterocycles. The summed E-state index contributed by atoms with van der Waals surface area (Å²) in [4.78, 5) is 5.32. The van der Waals surface area contributed by atoms with E-state index in [1.54, 1.807) is 12.1 Å². The quantitative estimate of drug-likeness (QED) is 0.821. The second-order valence-electron chi connectivity index (χ2n) is 5.81. The predicted molar refractivity (Wildman–Crippen MR) is 85.6 cm³/mol. The molecule has 2 aromatic carbocycles. The van der Waals surface area contributed by atoms with E-state index in [4.69, 9.17) is 4.84 Å². The predicted octanol–water partition coefficient (Wildman–Crippen LogP) is 4.13. The molecule has 1 aliphatic heterocycles. The smallest absolute Gasteiger partial charge is 0.390 e. The summed E-state index contributed by atoms with van der Waals surface area (Å²) >= 11 is 0. The van der Waals surface area contributed by atoms with E-state index in [0.29, 0.717) is 30.8 Å². The van der Waals surface area contributed by atoms with E-state index in [1.165, 1.54) is 24.3 Å². The Labute approximate surface area is 142 Å². The van der Waals surface area contributed by atoms with Crippen molar-refractivity contribution in [3.05, 3.63) is 71.0 Å². The Morgan fingerprint density at radius 1 is 1.12 bits per heavy atom. The number of hydrogen-bond acceptors (Lipinski definition) is 3. The van der Waals surface area contributed by atoms with E-state index >= 15 is 0 Å². The molecule has 0 spiro atoms. The van der Waals surface area contributed by atoms with Crippen molar-refractivity contribution in [1.29, 1.82) is 0 Å². The highest BCUT2D eigenvalue weighted by molar-refractivity contribution is 6.01. The highest BCUT2D eigenvalue weighted by atomic mass is 19.4. The van der Waals surface area contributed by atoms with Gasteiger partial charge >= 0.3 is 6.18 Å². The summed E-state index contributed by atoms with van der Waals surface area (Å²) in [5.41, 5.74) is 1.45. The summed E-state index contributed by atoms with van der Waals surface area (Å²) in [6, 6.07) is 11.2. The Hall–Kier alpha value is -2.41. The van der Waals surface area contributed by atoms with Gasteiger partial charge in [0.05, 0.1) is 11.3 Å². The fourth-order valence-corrected chi connectivity index (χ4v) is 2.57. The number of oxime groups is 1. The minimum atomic E-state index is -4.33. The molecule has 0 bridgehead atoms. The molecule has 1 aliphatic rings. The van der Waals surface area contributed by atoms with Gasteiger partial charge in [0.25, 0.3) is 0 Å². The van der Waals surface area contributed by atoms with Gasteiger partial charge in [-0.15, -0.1) is 0 Å². The fourth-order valence-electron chi connectivity index (χ4n) is 2.57. The number of benzene rings is 2. The van der Waals surface area contributed by atoms with E-state index < -0.39 is 11.7 Å². The molecule has 0 aliphatic carbocycles. The van der Waals surface area contributed by atoms with Crippen LogP contribution in [0.1, 0.15) is 23.1 Å². The van der Waals surface area contributed by atoms with Gasteiger partial charge in [-0.3, -0.25) is 0 Å². The molecule has 2 aromatic rings. The molecule has 0 fully saturated rings. The summed E-state index contributed by atoms with van der Waals surface area (Å²) in [6.07, 6.45) is -3.97. The second-order valence-corrected chi connectivity index (χ2v) is 5.81. The van der Waals surface area contributed by atoms with E-state index in [9.17, 15) is 17.6 Å². The maximum Gasteiger partial charge on any atom is 0.416 e. The van der Waals surface area contributed by atoms with Crippen LogP contribution in [0.25, 0.3) is 0 Å². The molecular weight excluding hydrogens is 336 g/mol. The molecule has 3 rings (SSSR count). The normalized spacial score (nSPS) is 17.3. The Kier molecular flexibility index (Phi) is 5.03. The average molecular weight is 352 g/mol. The lowest BCUT2D eigenvalue weighted by Gasteiger charge is -2.11. The van der Waals surface area contributed by atoms with Crippen LogP contribution in [0.4, 0.5) is 17.6 Å². The Bertz CT molecular complexity index is 756. The first-order chi connectivity index (χ1) is 11.9. The Balaban J connectivity index is 1.46. The molecule has 3 nitrogen and oxygen atoms in total. The van der Waals surface area contributed by atoms with Crippen molar-refractivity contribution in [3.63, 3.8) is 0 Å². The standard InChI is InChI=1S/C18H16F4N2O/c19-15-3-1-2-13(8-15)17-9-16(25-24-17)11-23-10-12-4-6-14(7-5-12)18(20,21)22/h1-8,16,23H,9-11H2/t16-/m0/s1. The van der Waals surface area contributed by atoms with E-state index in [-0.39, 0.29) is 11.9 Å². The molecule has 0 aromatic heterocycles. The summed E-state index contributed by atoms with van der Waals surface area (Å²) in [5.74, 6) is -0.330.